The summed E-state index contributed by atoms with van der Waals surface area (Å²) in [6, 6.07) is 3.49. The fraction of sp³-hybridized carbons (Fsp3) is 0.478. The fourth-order valence-corrected chi connectivity index (χ4v) is 5.68. The van der Waals surface area contributed by atoms with Gasteiger partial charge in [0.15, 0.2) is 5.78 Å². The molecule has 0 amide bonds. The minimum atomic E-state index is -4.07. The van der Waals surface area contributed by atoms with Crippen LogP contribution in [0, 0.1) is 25.6 Å². The van der Waals surface area contributed by atoms with Crippen LogP contribution in [0.5, 0.6) is 0 Å². The topological polar surface area (TPSA) is 85.7 Å². The first-order valence-electron chi connectivity index (χ1n) is 10.5. The normalized spacial score (nSPS) is 12.9. The van der Waals surface area contributed by atoms with E-state index < -0.39 is 33.6 Å². The lowest BCUT2D eigenvalue weighted by Crippen LogP contribution is -2.45. The number of sulfonamides is 1. The summed E-state index contributed by atoms with van der Waals surface area (Å²) in [5, 5.41) is 0. The van der Waals surface area contributed by atoms with Crippen molar-refractivity contribution in [2.75, 3.05) is 13.7 Å². The van der Waals surface area contributed by atoms with Gasteiger partial charge < -0.3 is 9.30 Å². The number of rotatable bonds is 9. The Hall–Kier alpha value is -2.52. The van der Waals surface area contributed by atoms with E-state index in [4.69, 9.17) is 4.74 Å². The van der Waals surface area contributed by atoms with Gasteiger partial charge in [-0.1, -0.05) is 13.8 Å². The van der Waals surface area contributed by atoms with Gasteiger partial charge >= 0.3 is 5.97 Å². The largest absolute Gasteiger partial charge is 0.464 e. The number of carbonyl (C=O) groups is 2. The van der Waals surface area contributed by atoms with Crippen molar-refractivity contribution in [3.05, 3.63) is 52.6 Å². The summed E-state index contributed by atoms with van der Waals surface area (Å²) in [6.45, 7) is 11.0. The first kappa shape index (κ1) is 25.7. The molecule has 32 heavy (non-hydrogen) atoms. The van der Waals surface area contributed by atoms with Gasteiger partial charge in [-0.05, 0) is 63.4 Å². The van der Waals surface area contributed by atoms with E-state index in [1.165, 1.54) is 26.2 Å². The summed E-state index contributed by atoms with van der Waals surface area (Å²) in [6.07, 6.45) is 0. The van der Waals surface area contributed by atoms with Crippen LogP contribution in [0.1, 0.15) is 59.8 Å². The highest BCUT2D eigenvalue weighted by atomic mass is 32.2. The Morgan fingerprint density at radius 2 is 1.69 bits per heavy atom. The quantitative estimate of drug-likeness (QED) is 0.412. The first-order valence-corrected chi connectivity index (χ1v) is 11.9. The van der Waals surface area contributed by atoms with Crippen LogP contribution in [0.4, 0.5) is 4.39 Å². The Balaban J connectivity index is 2.60. The molecule has 1 heterocycles. The zero-order valence-electron chi connectivity index (χ0n) is 19.6. The van der Waals surface area contributed by atoms with Gasteiger partial charge in [-0.2, -0.15) is 4.31 Å². The van der Waals surface area contributed by atoms with Gasteiger partial charge in [0.1, 0.15) is 11.5 Å². The van der Waals surface area contributed by atoms with Gasteiger partial charge in [-0.3, -0.25) is 4.79 Å². The SMILES string of the molecule is CCn1c(C)c(C(=O)[C@@H](C)N(CC(C)C)S(=O)(=O)c2ccc(F)cc2)c(C)c1C(=O)OC. The zero-order chi connectivity index (χ0) is 24.4. The molecule has 2 rings (SSSR count). The molecular weight excluding hydrogens is 435 g/mol. The molecular formula is C23H31FN2O5S. The maximum atomic E-state index is 13.6. The van der Waals surface area contributed by atoms with Gasteiger partial charge in [0.05, 0.1) is 18.0 Å². The molecule has 0 unspecified atom stereocenters. The third-order valence-corrected chi connectivity index (χ3v) is 7.44. The molecule has 0 saturated heterocycles. The maximum Gasteiger partial charge on any atom is 0.354 e. The van der Waals surface area contributed by atoms with Crippen LogP contribution in [-0.2, 0) is 21.3 Å². The van der Waals surface area contributed by atoms with Crippen LogP contribution in [0.25, 0.3) is 0 Å². The fourth-order valence-electron chi connectivity index (χ4n) is 3.92. The van der Waals surface area contributed by atoms with Gasteiger partial charge in [0.2, 0.25) is 10.0 Å². The summed E-state index contributed by atoms with van der Waals surface area (Å²) in [5.41, 5.74) is 1.62. The molecule has 0 aliphatic carbocycles. The summed E-state index contributed by atoms with van der Waals surface area (Å²) >= 11 is 0. The molecule has 176 valence electrons. The van der Waals surface area contributed by atoms with Crippen LogP contribution >= 0.6 is 0 Å². The lowest BCUT2D eigenvalue weighted by molar-refractivity contribution is 0.0587. The number of hydrogen-bond acceptors (Lipinski definition) is 5. The van der Waals surface area contributed by atoms with Crippen molar-refractivity contribution in [3.8, 4) is 0 Å². The molecule has 7 nitrogen and oxygen atoms in total. The molecule has 0 bridgehead atoms. The Morgan fingerprint density at radius 3 is 2.16 bits per heavy atom. The highest BCUT2D eigenvalue weighted by Crippen LogP contribution is 2.28. The van der Waals surface area contributed by atoms with Gasteiger partial charge in [-0.15, -0.1) is 0 Å². The highest BCUT2D eigenvalue weighted by molar-refractivity contribution is 7.89. The minimum absolute atomic E-state index is 0.0615. The first-order chi connectivity index (χ1) is 14.9. The molecule has 1 atom stereocenters. The maximum absolute atomic E-state index is 13.6. The molecule has 1 aromatic heterocycles. The minimum Gasteiger partial charge on any atom is -0.464 e. The Bertz CT molecular complexity index is 1100. The van der Waals surface area contributed by atoms with Crippen molar-refractivity contribution >= 4 is 21.8 Å². The van der Waals surface area contributed by atoms with Crippen LogP contribution in [0.2, 0.25) is 0 Å². The third-order valence-electron chi connectivity index (χ3n) is 5.48. The van der Waals surface area contributed by atoms with E-state index in [0.29, 0.717) is 23.4 Å². The number of halogens is 1. The van der Waals surface area contributed by atoms with E-state index in [9.17, 15) is 22.4 Å². The molecule has 9 heteroatoms. The monoisotopic (exact) mass is 466 g/mol. The summed E-state index contributed by atoms with van der Waals surface area (Å²) in [5.74, 6) is -1.58. The standard InChI is InChI=1S/C23H31FN2O5S/c1-8-25-16(5)20(15(4)21(25)23(28)31-7)22(27)17(6)26(13-14(2)3)32(29,30)19-11-9-18(24)10-12-19/h9-12,14,17H,8,13H2,1-7H3/t17-/m1/s1. The summed E-state index contributed by atoms with van der Waals surface area (Å²) in [4.78, 5) is 25.8. The summed E-state index contributed by atoms with van der Waals surface area (Å²) < 4.78 is 47.8. The molecule has 1 aromatic carbocycles. The average molecular weight is 467 g/mol. The van der Waals surface area contributed by atoms with Crippen LogP contribution in [0.3, 0.4) is 0 Å². The van der Waals surface area contributed by atoms with Crippen molar-refractivity contribution < 1.29 is 27.1 Å². The smallest absolute Gasteiger partial charge is 0.354 e. The Labute approximate surface area is 189 Å². The lowest BCUT2D eigenvalue weighted by Gasteiger charge is -2.29. The van der Waals surface area contributed by atoms with E-state index in [0.717, 1.165) is 16.4 Å². The molecule has 0 N–H and O–H groups in total. The van der Waals surface area contributed by atoms with Crippen molar-refractivity contribution in [1.29, 1.82) is 0 Å². The number of aromatic nitrogens is 1. The average Bonchev–Trinajstić information content (AvgIpc) is 2.99. The van der Waals surface area contributed by atoms with Crippen molar-refractivity contribution in [3.63, 3.8) is 0 Å². The Kier molecular flexibility index (Phi) is 8.01. The molecule has 0 spiro atoms. The van der Waals surface area contributed by atoms with Crippen molar-refractivity contribution in [2.24, 2.45) is 5.92 Å². The van der Waals surface area contributed by atoms with Crippen LogP contribution in [0.15, 0.2) is 29.2 Å². The number of ketones is 1. The van der Waals surface area contributed by atoms with E-state index in [1.54, 1.807) is 18.4 Å². The lowest BCUT2D eigenvalue weighted by atomic mass is 10.0. The molecule has 2 aromatic rings. The number of hydrogen-bond donors (Lipinski definition) is 0. The molecule has 0 aliphatic rings. The van der Waals surface area contributed by atoms with E-state index in [1.807, 2.05) is 20.8 Å². The van der Waals surface area contributed by atoms with Crippen LogP contribution < -0.4 is 0 Å². The second kappa shape index (κ2) is 9.95. The molecule has 0 aliphatic heterocycles. The van der Waals surface area contributed by atoms with Gasteiger partial charge in [-0.25, -0.2) is 17.6 Å². The van der Waals surface area contributed by atoms with Gasteiger partial charge in [0.25, 0.3) is 0 Å². The van der Waals surface area contributed by atoms with E-state index in [2.05, 4.69) is 0 Å². The molecule has 0 fully saturated rings. The third kappa shape index (κ3) is 4.78. The number of esters is 1. The second-order valence-electron chi connectivity index (χ2n) is 8.13. The Morgan fingerprint density at radius 1 is 1.12 bits per heavy atom. The van der Waals surface area contributed by atoms with E-state index >= 15 is 0 Å². The van der Waals surface area contributed by atoms with Crippen molar-refractivity contribution in [1.82, 2.24) is 8.87 Å². The number of Topliss-reactive ketones (excluding diaryl/α,β-unsaturated/α-hetero) is 1. The van der Waals surface area contributed by atoms with Crippen LogP contribution in [-0.4, -0.2) is 48.7 Å². The zero-order valence-corrected chi connectivity index (χ0v) is 20.4. The van der Waals surface area contributed by atoms with Crippen molar-refractivity contribution in [2.45, 2.75) is 59.0 Å². The summed E-state index contributed by atoms with van der Waals surface area (Å²) in [7, 11) is -2.80. The number of nitrogens with zero attached hydrogens (tertiary/aromatic N) is 2. The second-order valence-corrected chi connectivity index (χ2v) is 10.0. The number of carbonyl (C=O) groups excluding carboxylic acids is 2. The van der Waals surface area contributed by atoms with E-state index in [-0.39, 0.29) is 23.1 Å². The number of benzene rings is 1. The number of methoxy groups -OCH3 is 1. The number of ether oxygens (including phenoxy) is 1. The predicted molar refractivity (Wildman–Crippen MR) is 120 cm³/mol. The highest BCUT2D eigenvalue weighted by Gasteiger charge is 2.37. The van der Waals surface area contributed by atoms with Gasteiger partial charge in [0, 0.05) is 24.3 Å². The molecule has 0 radical (unpaired) electrons. The molecule has 0 saturated carbocycles. The predicted octanol–water partition coefficient (Wildman–Crippen LogP) is 3.97.